The zero-order valence-electron chi connectivity index (χ0n) is 6.01. The van der Waals surface area contributed by atoms with E-state index in [1.807, 2.05) is 5.48 Å². The third kappa shape index (κ3) is 1.94. The zero-order chi connectivity index (χ0) is 9.14. The van der Waals surface area contributed by atoms with E-state index in [2.05, 4.69) is 15.9 Å². The predicted octanol–water partition coefficient (Wildman–Crippen LogP) is 1.77. The van der Waals surface area contributed by atoms with Gasteiger partial charge in [-0.05, 0) is 33.6 Å². The van der Waals surface area contributed by atoms with Crippen molar-refractivity contribution in [3.8, 4) is 5.75 Å². The molecule has 0 aromatic heterocycles. The number of halogens is 2. The molecular formula is C7H7BrFNO2. The fraction of sp³-hybridized carbons (Fsp3) is 0.143. The van der Waals surface area contributed by atoms with E-state index in [4.69, 9.17) is 10.3 Å². The number of benzene rings is 1. The summed E-state index contributed by atoms with van der Waals surface area (Å²) in [5.74, 6) is -1.13. The summed E-state index contributed by atoms with van der Waals surface area (Å²) in [6.45, 7) is 0.159. The van der Waals surface area contributed by atoms with Gasteiger partial charge in [0.05, 0.1) is 4.47 Å². The lowest BCUT2D eigenvalue weighted by molar-refractivity contribution is 0.161. The highest BCUT2D eigenvalue weighted by Crippen LogP contribution is 2.25. The van der Waals surface area contributed by atoms with Gasteiger partial charge >= 0.3 is 0 Å². The SMILES string of the molecule is ONCc1cc(O)c(F)c(Br)c1. The highest BCUT2D eigenvalue weighted by molar-refractivity contribution is 9.10. The molecule has 0 fully saturated rings. The van der Waals surface area contributed by atoms with Crippen LogP contribution in [0.15, 0.2) is 16.6 Å². The topological polar surface area (TPSA) is 52.5 Å². The molecule has 66 valence electrons. The smallest absolute Gasteiger partial charge is 0.178 e. The Hall–Kier alpha value is -0.650. The van der Waals surface area contributed by atoms with Crippen molar-refractivity contribution in [2.45, 2.75) is 6.54 Å². The van der Waals surface area contributed by atoms with E-state index in [9.17, 15) is 4.39 Å². The van der Waals surface area contributed by atoms with Crippen molar-refractivity contribution >= 4 is 15.9 Å². The third-order valence-corrected chi connectivity index (χ3v) is 1.93. The van der Waals surface area contributed by atoms with E-state index < -0.39 is 11.6 Å². The number of hydrogen-bond donors (Lipinski definition) is 3. The van der Waals surface area contributed by atoms with Crippen molar-refractivity contribution in [3.05, 3.63) is 28.0 Å². The lowest BCUT2D eigenvalue weighted by atomic mass is 10.2. The molecule has 1 aromatic carbocycles. The molecular weight excluding hydrogens is 229 g/mol. The van der Waals surface area contributed by atoms with E-state index in [0.717, 1.165) is 0 Å². The van der Waals surface area contributed by atoms with Crippen LogP contribution in [0.25, 0.3) is 0 Å². The van der Waals surface area contributed by atoms with Crippen molar-refractivity contribution in [3.63, 3.8) is 0 Å². The third-order valence-electron chi connectivity index (χ3n) is 1.35. The minimum atomic E-state index is -0.698. The summed E-state index contributed by atoms with van der Waals surface area (Å²) in [7, 11) is 0. The minimum absolute atomic E-state index is 0.159. The zero-order valence-corrected chi connectivity index (χ0v) is 7.60. The number of nitrogens with one attached hydrogen (secondary N) is 1. The second-order valence-corrected chi connectivity index (χ2v) is 3.10. The molecule has 1 rings (SSSR count). The van der Waals surface area contributed by atoms with Crippen molar-refractivity contribution in [2.75, 3.05) is 0 Å². The summed E-state index contributed by atoms with van der Waals surface area (Å²) < 4.78 is 12.9. The van der Waals surface area contributed by atoms with Gasteiger partial charge in [0, 0.05) is 6.54 Å². The van der Waals surface area contributed by atoms with Crippen molar-refractivity contribution in [1.29, 1.82) is 0 Å². The number of phenolic OH excluding ortho intramolecular Hbond substituents is 1. The van der Waals surface area contributed by atoms with Gasteiger partial charge in [-0.3, -0.25) is 0 Å². The standard InChI is InChI=1S/C7H7BrFNO2/c8-5-1-4(3-10-12)2-6(11)7(5)9/h1-2,10-12H,3H2. The molecule has 0 amide bonds. The van der Waals surface area contributed by atoms with Crippen LogP contribution in [-0.2, 0) is 6.54 Å². The summed E-state index contributed by atoms with van der Waals surface area (Å²) in [5, 5.41) is 17.3. The van der Waals surface area contributed by atoms with Gasteiger partial charge in [0.15, 0.2) is 11.6 Å². The molecule has 0 saturated carbocycles. The van der Waals surface area contributed by atoms with Gasteiger partial charge in [-0.2, -0.15) is 0 Å². The molecule has 0 heterocycles. The maximum atomic E-state index is 12.8. The molecule has 0 radical (unpaired) electrons. The monoisotopic (exact) mass is 235 g/mol. The molecule has 0 unspecified atom stereocenters. The molecule has 0 atom stereocenters. The summed E-state index contributed by atoms with van der Waals surface area (Å²) >= 11 is 2.92. The second-order valence-electron chi connectivity index (χ2n) is 2.25. The summed E-state index contributed by atoms with van der Waals surface area (Å²) in [6, 6.07) is 2.71. The number of rotatable bonds is 2. The Morgan fingerprint density at radius 2 is 2.17 bits per heavy atom. The van der Waals surface area contributed by atoms with E-state index >= 15 is 0 Å². The predicted molar refractivity (Wildman–Crippen MR) is 44.4 cm³/mol. The first kappa shape index (κ1) is 9.44. The Morgan fingerprint density at radius 1 is 1.50 bits per heavy atom. The summed E-state index contributed by atoms with van der Waals surface area (Å²) in [6.07, 6.45) is 0. The van der Waals surface area contributed by atoms with Gasteiger partial charge in [-0.25, -0.2) is 9.87 Å². The average Bonchev–Trinajstić information content (AvgIpc) is 2.01. The van der Waals surface area contributed by atoms with Crippen LogP contribution < -0.4 is 5.48 Å². The number of hydrogen-bond acceptors (Lipinski definition) is 3. The fourth-order valence-electron chi connectivity index (χ4n) is 0.822. The average molecular weight is 236 g/mol. The van der Waals surface area contributed by atoms with Gasteiger partial charge in [-0.15, -0.1) is 0 Å². The number of hydroxylamine groups is 1. The van der Waals surface area contributed by atoms with Crippen LogP contribution in [0.2, 0.25) is 0 Å². The van der Waals surface area contributed by atoms with Gasteiger partial charge in [0.1, 0.15) is 0 Å². The fourth-order valence-corrected chi connectivity index (χ4v) is 1.32. The lowest BCUT2D eigenvalue weighted by Gasteiger charge is -2.02. The largest absolute Gasteiger partial charge is 0.505 e. The molecule has 3 N–H and O–H groups in total. The van der Waals surface area contributed by atoms with Crippen LogP contribution in [-0.4, -0.2) is 10.3 Å². The lowest BCUT2D eigenvalue weighted by Crippen LogP contribution is -2.06. The van der Waals surface area contributed by atoms with E-state index in [1.54, 1.807) is 0 Å². The Labute approximate surface area is 76.9 Å². The van der Waals surface area contributed by atoms with E-state index in [1.165, 1.54) is 12.1 Å². The number of phenols is 1. The van der Waals surface area contributed by atoms with Gasteiger partial charge in [-0.1, -0.05) is 0 Å². The quantitative estimate of drug-likeness (QED) is 0.686. The number of aromatic hydroxyl groups is 1. The van der Waals surface area contributed by atoms with Crippen LogP contribution in [0.1, 0.15) is 5.56 Å². The first-order valence-electron chi connectivity index (χ1n) is 3.19. The highest BCUT2D eigenvalue weighted by Gasteiger charge is 2.06. The summed E-state index contributed by atoms with van der Waals surface area (Å²) in [4.78, 5) is 0. The molecule has 1 aromatic rings. The normalized spacial score (nSPS) is 10.2. The van der Waals surface area contributed by atoms with Crippen molar-refractivity contribution < 1.29 is 14.7 Å². The molecule has 0 bridgehead atoms. The molecule has 3 nitrogen and oxygen atoms in total. The van der Waals surface area contributed by atoms with Gasteiger partial charge in [0.2, 0.25) is 0 Å². The molecule has 0 aliphatic rings. The Bertz CT molecular complexity index is 270. The first-order valence-corrected chi connectivity index (χ1v) is 3.98. The van der Waals surface area contributed by atoms with Crippen LogP contribution in [0.4, 0.5) is 4.39 Å². The molecule has 0 saturated heterocycles. The molecule has 5 heteroatoms. The molecule has 0 aliphatic carbocycles. The maximum absolute atomic E-state index is 12.8. The maximum Gasteiger partial charge on any atom is 0.178 e. The second kappa shape index (κ2) is 3.84. The Kier molecular flexibility index (Phi) is 3.02. The molecule has 0 spiro atoms. The highest BCUT2D eigenvalue weighted by atomic mass is 79.9. The van der Waals surface area contributed by atoms with Gasteiger partial charge < -0.3 is 10.3 Å². The van der Waals surface area contributed by atoms with Crippen molar-refractivity contribution in [1.82, 2.24) is 5.48 Å². The van der Waals surface area contributed by atoms with E-state index in [-0.39, 0.29) is 11.0 Å². The van der Waals surface area contributed by atoms with Gasteiger partial charge in [0.25, 0.3) is 0 Å². The van der Waals surface area contributed by atoms with Crippen LogP contribution >= 0.6 is 15.9 Å². The van der Waals surface area contributed by atoms with Crippen LogP contribution in [0.5, 0.6) is 5.75 Å². The molecule has 0 aliphatic heterocycles. The Balaban J connectivity index is 3.04. The van der Waals surface area contributed by atoms with Crippen LogP contribution in [0, 0.1) is 5.82 Å². The first-order chi connectivity index (χ1) is 5.65. The summed E-state index contributed by atoms with van der Waals surface area (Å²) in [5.41, 5.74) is 2.49. The van der Waals surface area contributed by atoms with Crippen LogP contribution in [0.3, 0.4) is 0 Å². The van der Waals surface area contributed by atoms with Crippen molar-refractivity contribution in [2.24, 2.45) is 0 Å². The Morgan fingerprint density at radius 3 is 2.67 bits per heavy atom. The minimum Gasteiger partial charge on any atom is -0.505 e. The van der Waals surface area contributed by atoms with E-state index in [0.29, 0.717) is 5.56 Å². The molecule has 12 heavy (non-hydrogen) atoms.